The normalized spacial score (nSPS) is 18.7. The Morgan fingerprint density at radius 1 is 1.29 bits per heavy atom. The highest BCUT2D eigenvalue weighted by molar-refractivity contribution is 5.17. The van der Waals surface area contributed by atoms with E-state index in [1.165, 1.54) is 0 Å². The molecule has 1 aliphatic rings. The minimum atomic E-state index is -0.459. The summed E-state index contributed by atoms with van der Waals surface area (Å²) in [6.07, 6.45) is 2.92. The lowest BCUT2D eigenvalue weighted by atomic mass is 10.0. The highest BCUT2D eigenvalue weighted by atomic mass is 16.3. The molecule has 1 aromatic heterocycles. The van der Waals surface area contributed by atoms with Gasteiger partial charge in [-0.05, 0) is 18.4 Å². The maximum absolute atomic E-state index is 11.6. The van der Waals surface area contributed by atoms with Crippen LogP contribution in [-0.2, 0) is 0 Å². The molecule has 1 saturated heterocycles. The molecule has 112 valence electrons. The molecular formula is C15H20N4O2. The average molecular weight is 288 g/mol. The van der Waals surface area contributed by atoms with Crippen LogP contribution in [0.15, 0.2) is 41.5 Å². The van der Waals surface area contributed by atoms with Crippen LogP contribution in [0, 0.1) is 0 Å². The summed E-state index contributed by atoms with van der Waals surface area (Å²) < 4.78 is 1.67. The molecule has 0 bridgehead atoms. The second-order valence-electron chi connectivity index (χ2n) is 5.53. The summed E-state index contributed by atoms with van der Waals surface area (Å²) in [4.78, 5) is 13.8. The Balaban J connectivity index is 1.54. The number of aromatic amines is 1. The van der Waals surface area contributed by atoms with Gasteiger partial charge >= 0.3 is 5.69 Å². The number of aliphatic hydroxyl groups excluding tert-OH is 1. The third kappa shape index (κ3) is 3.22. The van der Waals surface area contributed by atoms with Crippen molar-refractivity contribution >= 4 is 0 Å². The first-order valence-electron chi connectivity index (χ1n) is 7.31. The molecule has 1 aliphatic heterocycles. The van der Waals surface area contributed by atoms with Crippen LogP contribution in [0.1, 0.15) is 30.6 Å². The number of hydrogen-bond donors (Lipinski definition) is 2. The van der Waals surface area contributed by atoms with E-state index in [9.17, 15) is 9.90 Å². The lowest BCUT2D eigenvalue weighted by molar-refractivity contribution is 0.0901. The molecule has 0 amide bonds. The molecule has 2 heterocycles. The zero-order valence-corrected chi connectivity index (χ0v) is 11.9. The first kappa shape index (κ1) is 14.0. The molecule has 0 aliphatic carbocycles. The number of piperidine rings is 1. The summed E-state index contributed by atoms with van der Waals surface area (Å²) in [5.74, 6) is 0. The molecule has 0 radical (unpaired) electrons. The molecule has 1 fully saturated rings. The van der Waals surface area contributed by atoms with Crippen molar-refractivity contribution in [3.63, 3.8) is 0 Å². The third-order valence-electron chi connectivity index (χ3n) is 4.14. The van der Waals surface area contributed by atoms with E-state index in [4.69, 9.17) is 0 Å². The monoisotopic (exact) mass is 288 g/mol. The van der Waals surface area contributed by atoms with Gasteiger partial charge in [-0.1, -0.05) is 30.3 Å². The van der Waals surface area contributed by atoms with Crippen LogP contribution in [-0.4, -0.2) is 44.4 Å². The molecule has 3 rings (SSSR count). The number of benzene rings is 1. The zero-order valence-electron chi connectivity index (χ0n) is 11.9. The zero-order chi connectivity index (χ0) is 14.7. The van der Waals surface area contributed by atoms with Gasteiger partial charge in [-0.25, -0.2) is 9.89 Å². The van der Waals surface area contributed by atoms with E-state index in [2.05, 4.69) is 15.1 Å². The third-order valence-corrected chi connectivity index (χ3v) is 4.14. The van der Waals surface area contributed by atoms with Gasteiger partial charge in [-0.15, -0.1) is 0 Å². The van der Waals surface area contributed by atoms with Gasteiger partial charge in [0.05, 0.1) is 6.10 Å². The van der Waals surface area contributed by atoms with Gasteiger partial charge in [-0.2, -0.15) is 5.10 Å². The van der Waals surface area contributed by atoms with Gasteiger partial charge in [0.1, 0.15) is 6.33 Å². The first-order valence-corrected chi connectivity index (χ1v) is 7.31. The second kappa shape index (κ2) is 6.24. The van der Waals surface area contributed by atoms with E-state index >= 15 is 0 Å². The molecule has 2 N–H and O–H groups in total. The van der Waals surface area contributed by atoms with E-state index in [1.807, 2.05) is 30.3 Å². The van der Waals surface area contributed by atoms with E-state index in [0.717, 1.165) is 31.5 Å². The van der Waals surface area contributed by atoms with Crippen LogP contribution < -0.4 is 5.69 Å². The van der Waals surface area contributed by atoms with Crippen molar-refractivity contribution in [1.29, 1.82) is 0 Å². The lowest BCUT2D eigenvalue weighted by Crippen LogP contribution is -2.38. The minimum Gasteiger partial charge on any atom is -0.387 e. The van der Waals surface area contributed by atoms with Crippen LogP contribution in [0.4, 0.5) is 0 Å². The Kier molecular flexibility index (Phi) is 4.17. The number of nitrogens with one attached hydrogen (secondary N) is 1. The van der Waals surface area contributed by atoms with Gasteiger partial charge in [0, 0.05) is 25.7 Å². The smallest absolute Gasteiger partial charge is 0.343 e. The molecule has 1 atom stereocenters. The quantitative estimate of drug-likeness (QED) is 0.878. The summed E-state index contributed by atoms with van der Waals surface area (Å²) >= 11 is 0. The predicted molar refractivity (Wildman–Crippen MR) is 79.0 cm³/mol. The van der Waals surface area contributed by atoms with Crippen LogP contribution >= 0.6 is 0 Å². The fourth-order valence-corrected chi connectivity index (χ4v) is 2.92. The summed E-state index contributed by atoms with van der Waals surface area (Å²) in [6, 6.07) is 9.93. The minimum absolute atomic E-state index is 0.141. The largest absolute Gasteiger partial charge is 0.387 e. The predicted octanol–water partition coefficient (Wildman–Crippen LogP) is 0.942. The van der Waals surface area contributed by atoms with Gasteiger partial charge < -0.3 is 10.0 Å². The highest BCUT2D eigenvalue weighted by Crippen LogP contribution is 2.22. The standard InChI is InChI=1S/C15H20N4O2/c20-14(12-4-2-1-3-5-12)10-18-8-6-13(7-9-18)19-11-16-17-15(19)21/h1-5,11,13-14,20H,6-10H2,(H,17,21)/t14-/m0/s1. The topological polar surface area (TPSA) is 74.2 Å². The summed E-state index contributed by atoms with van der Waals surface area (Å²) in [5, 5.41) is 16.5. The van der Waals surface area contributed by atoms with Gasteiger partial charge in [0.15, 0.2) is 0 Å². The fourth-order valence-electron chi connectivity index (χ4n) is 2.92. The van der Waals surface area contributed by atoms with E-state index in [1.54, 1.807) is 10.9 Å². The van der Waals surface area contributed by atoms with Crippen molar-refractivity contribution in [3.8, 4) is 0 Å². The van der Waals surface area contributed by atoms with Crippen molar-refractivity contribution in [2.24, 2.45) is 0 Å². The Hall–Kier alpha value is -1.92. The lowest BCUT2D eigenvalue weighted by Gasteiger charge is -2.33. The average Bonchev–Trinajstić information content (AvgIpc) is 2.95. The molecule has 1 aromatic carbocycles. The van der Waals surface area contributed by atoms with Crippen molar-refractivity contribution in [2.45, 2.75) is 25.0 Å². The number of β-amino-alcohol motifs (C(OH)–C–C–N with tert-alkyl or cyclic N) is 1. The number of H-pyrrole nitrogens is 1. The maximum atomic E-state index is 11.6. The molecule has 6 nitrogen and oxygen atoms in total. The Labute approximate surface area is 123 Å². The Bertz CT molecular complexity index is 614. The van der Waals surface area contributed by atoms with Crippen molar-refractivity contribution in [3.05, 3.63) is 52.7 Å². The summed E-state index contributed by atoms with van der Waals surface area (Å²) in [6.45, 7) is 2.40. The maximum Gasteiger partial charge on any atom is 0.343 e. The Morgan fingerprint density at radius 2 is 2.00 bits per heavy atom. The van der Waals surface area contributed by atoms with Gasteiger partial charge in [0.2, 0.25) is 0 Å². The van der Waals surface area contributed by atoms with Crippen LogP contribution in [0.25, 0.3) is 0 Å². The van der Waals surface area contributed by atoms with Gasteiger partial charge in [-0.3, -0.25) is 4.57 Å². The number of likely N-dealkylation sites (tertiary alicyclic amines) is 1. The number of aliphatic hydroxyl groups is 1. The SMILES string of the molecule is O=c1[nH]ncn1C1CCN(C[C@H](O)c2ccccc2)CC1. The molecule has 0 spiro atoms. The van der Waals surface area contributed by atoms with Gasteiger partial charge in [0.25, 0.3) is 0 Å². The van der Waals surface area contributed by atoms with Crippen LogP contribution in [0.2, 0.25) is 0 Å². The molecule has 0 saturated carbocycles. The number of rotatable bonds is 4. The van der Waals surface area contributed by atoms with E-state index in [0.29, 0.717) is 6.54 Å². The van der Waals surface area contributed by atoms with Crippen molar-refractivity contribution in [1.82, 2.24) is 19.7 Å². The summed E-state index contributed by atoms with van der Waals surface area (Å²) in [7, 11) is 0. The number of aromatic nitrogens is 3. The van der Waals surface area contributed by atoms with Crippen molar-refractivity contribution < 1.29 is 5.11 Å². The molecule has 2 aromatic rings. The van der Waals surface area contributed by atoms with E-state index < -0.39 is 6.10 Å². The van der Waals surface area contributed by atoms with Crippen molar-refractivity contribution in [2.75, 3.05) is 19.6 Å². The molecular weight excluding hydrogens is 268 g/mol. The highest BCUT2D eigenvalue weighted by Gasteiger charge is 2.23. The fraction of sp³-hybridized carbons (Fsp3) is 0.467. The number of nitrogens with zero attached hydrogens (tertiary/aromatic N) is 3. The Morgan fingerprint density at radius 3 is 2.62 bits per heavy atom. The second-order valence-corrected chi connectivity index (χ2v) is 5.53. The summed E-state index contributed by atoms with van der Waals surface area (Å²) in [5.41, 5.74) is 0.809. The molecule has 21 heavy (non-hydrogen) atoms. The van der Waals surface area contributed by atoms with E-state index in [-0.39, 0.29) is 11.7 Å². The molecule has 6 heteroatoms. The molecule has 0 unspecified atom stereocenters. The number of hydrogen-bond acceptors (Lipinski definition) is 4. The first-order chi connectivity index (χ1) is 10.2. The van der Waals surface area contributed by atoms with Crippen LogP contribution in [0.5, 0.6) is 0 Å². The van der Waals surface area contributed by atoms with Crippen LogP contribution in [0.3, 0.4) is 0 Å².